The third-order valence-electron chi connectivity index (χ3n) is 12.1. The zero-order valence-corrected chi connectivity index (χ0v) is 44.9. The van der Waals surface area contributed by atoms with Gasteiger partial charge in [-0.2, -0.15) is 0 Å². The SMILES string of the molecule is CCCCOC(CN1CC1C)[N-]OCCCCCCN(CCCCCCNC(=O)OC(CN1CC1C)OCCCC)C(=O)N(CCCCCCNC(=O)OC(C)CN1CC1C)C(=O)NC=O.[Y]. The number of urea groups is 2. The van der Waals surface area contributed by atoms with E-state index < -0.39 is 30.5 Å². The van der Waals surface area contributed by atoms with Crippen LogP contribution in [0.4, 0.5) is 19.2 Å². The number of hydrogen-bond donors (Lipinski definition) is 3. The molecule has 1 radical (unpaired) electrons. The first-order chi connectivity index (χ1) is 31.9. The molecule has 19 nitrogen and oxygen atoms in total. The van der Waals surface area contributed by atoms with Crippen molar-refractivity contribution >= 4 is 30.7 Å². The minimum absolute atomic E-state index is 0. The zero-order chi connectivity index (χ0) is 47.9. The number of hydrogen-bond acceptors (Lipinski definition) is 13. The van der Waals surface area contributed by atoms with Gasteiger partial charge in [0.05, 0.1) is 13.2 Å². The van der Waals surface area contributed by atoms with E-state index in [9.17, 15) is 24.0 Å². The molecule has 0 spiro atoms. The van der Waals surface area contributed by atoms with Gasteiger partial charge < -0.3 is 44.8 Å². The number of amides is 7. The van der Waals surface area contributed by atoms with Crippen LogP contribution < -0.4 is 16.0 Å². The van der Waals surface area contributed by atoms with Gasteiger partial charge in [-0.15, -0.1) is 0 Å². The van der Waals surface area contributed by atoms with E-state index in [-0.39, 0.29) is 51.6 Å². The second-order valence-corrected chi connectivity index (χ2v) is 18.4. The molecule has 3 heterocycles. The Labute approximate surface area is 427 Å². The molecule has 0 aromatic rings. The molecule has 3 aliphatic rings. The molecule has 67 heavy (non-hydrogen) atoms. The van der Waals surface area contributed by atoms with Crippen LogP contribution in [0, 0.1) is 0 Å². The van der Waals surface area contributed by atoms with Crippen LogP contribution >= 0.6 is 0 Å². The molecule has 3 saturated heterocycles. The first-order valence-corrected chi connectivity index (χ1v) is 25.4. The van der Waals surface area contributed by atoms with Gasteiger partial charge in [-0.3, -0.25) is 24.8 Å². The molecule has 3 aliphatic heterocycles. The number of rotatable bonds is 40. The molecular weight excluding hydrogens is 939 g/mol. The first-order valence-electron chi connectivity index (χ1n) is 25.4. The van der Waals surface area contributed by atoms with Gasteiger partial charge in [0, 0.05) is 136 Å². The average Bonchev–Trinajstić information content (AvgIpc) is 4.25. The normalized spacial score (nSPS) is 21.5. The summed E-state index contributed by atoms with van der Waals surface area (Å²) >= 11 is 0. The molecule has 385 valence electrons. The molecule has 3 rings (SSSR count). The summed E-state index contributed by atoms with van der Waals surface area (Å²) in [6.07, 6.45) is 11.4. The van der Waals surface area contributed by atoms with E-state index in [1.54, 1.807) is 4.90 Å². The van der Waals surface area contributed by atoms with E-state index in [0.29, 0.717) is 89.9 Å². The van der Waals surface area contributed by atoms with Crippen molar-refractivity contribution in [2.75, 3.05) is 91.8 Å². The average molecular weight is 1030 g/mol. The van der Waals surface area contributed by atoms with Crippen LogP contribution in [0.2, 0.25) is 0 Å². The Morgan fingerprint density at radius 3 is 1.69 bits per heavy atom. The third-order valence-corrected chi connectivity index (χ3v) is 12.1. The summed E-state index contributed by atoms with van der Waals surface area (Å²) in [7, 11) is 0. The zero-order valence-electron chi connectivity index (χ0n) is 42.1. The van der Waals surface area contributed by atoms with Crippen molar-refractivity contribution in [2.45, 2.75) is 181 Å². The van der Waals surface area contributed by atoms with Crippen LogP contribution in [0.3, 0.4) is 0 Å². The summed E-state index contributed by atoms with van der Waals surface area (Å²) in [5.41, 5.74) is 4.37. The van der Waals surface area contributed by atoms with Gasteiger partial charge in [0.1, 0.15) is 6.10 Å². The van der Waals surface area contributed by atoms with E-state index in [2.05, 4.69) is 70.7 Å². The molecule has 0 saturated carbocycles. The fourth-order valence-electron chi connectivity index (χ4n) is 7.50. The quantitative estimate of drug-likeness (QED) is 0.0191. The summed E-state index contributed by atoms with van der Waals surface area (Å²) in [5.74, 6) is 0. The number of nitrogens with zero attached hydrogens (tertiary/aromatic N) is 6. The van der Waals surface area contributed by atoms with Gasteiger partial charge in [-0.05, 0) is 79.1 Å². The maximum atomic E-state index is 14.0. The fourth-order valence-corrected chi connectivity index (χ4v) is 7.50. The molecule has 0 bridgehead atoms. The van der Waals surface area contributed by atoms with Crippen molar-refractivity contribution in [3.05, 3.63) is 5.48 Å². The van der Waals surface area contributed by atoms with Crippen molar-refractivity contribution in [3.63, 3.8) is 0 Å². The second kappa shape index (κ2) is 36.7. The van der Waals surface area contributed by atoms with Crippen molar-refractivity contribution in [1.82, 2.24) is 40.4 Å². The predicted molar refractivity (Wildman–Crippen MR) is 254 cm³/mol. The summed E-state index contributed by atoms with van der Waals surface area (Å²) in [6, 6.07) is 0.414. The third kappa shape index (κ3) is 28.9. The molecule has 3 fully saturated rings. The summed E-state index contributed by atoms with van der Waals surface area (Å²) in [5, 5.41) is 7.82. The van der Waals surface area contributed by atoms with Crippen molar-refractivity contribution in [2.24, 2.45) is 0 Å². The van der Waals surface area contributed by atoms with Crippen molar-refractivity contribution in [3.8, 4) is 0 Å². The van der Waals surface area contributed by atoms with Gasteiger partial charge in [0.25, 0.3) is 0 Å². The largest absolute Gasteiger partial charge is 0.508 e. The molecule has 0 aromatic carbocycles. The molecule has 9 atom stereocenters. The van der Waals surface area contributed by atoms with Crippen LogP contribution in [0.1, 0.15) is 144 Å². The number of ether oxygens (including phenoxy) is 4. The summed E-state index contributed by atoms with van der Waals surface area (Å²) in [4.78, 5) is 78.5. The number of hydroxylamine groups is 1. The van der Waals surface area contributed by atoms with Crippen molar-refractivity contribution in [1.29, 1.82) is 0 Å². The van der Waals surface area contributed by atoms with Gasteiger partial charge in [-0.1, -0.05) is 65.2 Å². The molecule has 3 N–H and O–H groups in total. The van der Waals surface area contributed by atoms with Crippen LogP contribution in [-0.4, -0.2) is 184 Å². The van der Waals surface area contributed by atoms with E-state index in [1.807, 2.05) is 6.92 Å². The van der Waals surface area contributed by atoms with E-state index in [0.717, 1.165) is 128 Å². The van der Waals surface area contributed by atoms with Crippen LogP contribution in [0.15, 0.2) is 0 Å². The first kappa shape index (κ1) is 60.9. The Hall–Kier alpha value is -2.23. The number of nitrogens with one attached hydrogen (secondary N) is 3. The fraction of sp³-hybridized carbons (Fsp3) is 0.894. The van der Waals surface area contributed by atoms with Gasteiger partial charge >= 0.3 is 24.2 Å². The maximum Gasteiger partial charge on any atom is 0.409 e. The molecule has 9 unspecified atom stereocenters. The Morgan fingerprint density at radius 2 is 1.13 bits per heavy atom. The molecule has 20 heteroatoms. The minimum atomic E-state index is -0.749. The monoisotopic (exact) mass is 1030 g/mol. The topological polar surface area (TPSA) is 197 Å². The van der Waals surface area contributed by atoms with E-state index in [4.69, 9.17) is 23.8 Å². The van der Waals surface area contributed by atoms with Crippen LogP contribution in [0.25, 0.3) is 5.48 Å². The summed E-state index contributed by atoms with van der Waals surface area (Å²) < 4.78 is 22.8. The van der Waals surface area contributed by atoms with E-state index in [1.165, 1.54) is 0 Å². The molecule has 7 amide bonds. The minimum Gasteiger partial charge on any atom is -0.508 e. The number of carbonyl (C=O) groups excluding carboxylic acids is 5. The Morgan fingerprint density at radius 1 is 0.642 bits per heavy atom. The van der Waals surface area contributed by atoms with E-state index >= 15 is 0 Å². The number of carbonyl (C=O) groups is 5. The van der Waals surface area contributed by atoms with Crippen LogP contribution in [0.5, 0.6) is 0 Å². The maximum absolute atomic E-state index is 14.0. The van der Waals surface area contributed by atoms with Gasteiger partial charge in [-0.25, -0.2) is 24.1 Å². The predicted octanol–water partition coefficient (Wildman–Crippen LogP) is 6.80. The smallest absolute Gasteiger partial charge is 0.409 e. The molecule has 0 aromatic heterocycles. The molecular formula is C47H88N9O10Y-. The Kier molecular flexibility index (Phi) is 33.3. The van der Waals surface area contributed by atoms with Gasteiger partial charge in [0.2, 0.25) is 12.7 Å². The van der Waals surface area contributed by atoms with Crippen LogP contribution in [-0.2, 0) is 61.3 Å². The summed E-state index contributed by atoms with van der Waals surface area (Å²) in [6.45, 7) is 21.4. The number of imide groups is 2. The second-order valence-electron chi connectivity index (χ2n) is 18.4. The Bertz CT molecular complexity index is 1380. The van der Waals surface area contributed by atoms with Gasteiger partial charge in [0.15, 0.2) is 0 Å². The van der Waals surface area contributed by atoms with Crippen molar-refractivity contribution < 1.29 is 80.5 Å². The standard InChI is InChI=1S/C47H88N9O10.Y/c1-7-9-28-62-42(35-54-32-39(54)4)51-64-30-22-16-15-20-26-52(25-19-13-11-17-24-49-46(60)66-43(63-29-10-8-2)36-55-33-40(55)5)47(61)56(44(58)50-37-57)27-21-14-12-18-23-48-45(59)65-41(6)34-53-31-38(53)3;/h37-43H,7-36H2,1-6H3,(H,48,59)(H,49,60)(H,50,57,58);/q-1;. The molecule has 0 aliphatic carbocycles. The Balaban J connectivity index is 0.0000154. The number of alkyl carbamates (subject to hydrolysis) is 2. The number of unbranched alkanes of at least 4 members (excludes halogenated alkanes) is 11.